The van der Waals surface area contributed by atoms with E-state index >= 15 is 0 Å². The van der Waals surface area contributed by atoms with Crippen molar-refractivity contribution in [2.75, 3.05) is 31.1 Å². The number of nitrogens with zero attached hydrogens (tertiary/aromatic N) is 4. The Balaban J connectivity index is 1.54. The molecule has 1 N–H and O–H groups in total. The van der Waals surface area contributed by atoms with Crippen LogP contribution in [0.2, 0.25) is 0 Å². The van der Waals surface area contributed by atoms with Crippen LogP contribution in [0.4, 0.5) is 11.6 Å². The second-order valence-electron chi connectivity index (χ2n) is 7.53. The van der Waals surface area contributed by atoms with Gasteiger partial charge in [0, 0.05) is 12.5 Å². The number of nitrogens with one attached hydrogen (secondary N) is 1. The number of hydrogen-bond acceptors (Lipinski definition) is 4. The summed E-state index contributed by atoms with van der Waals surface area (Å²) < 4.78 is 1.98. The number of nitro groups is 1. The highest BCUT2D eigenvalue weighted by molar-refractivity contribution is 5.56. The fourth-order valence-electron chi connectivity index (χ4n) is 4.02. The lowest BCUT2D eigenvalue weighted by Crippen LogP contribution is -3.13. The first-order valence-electron chi connectivity index (χ1n) is 9.99. The van der Waals surface area contributed by atoms with Crippen LogP contribution in [-0.4, -0.2) is 40.7 Å². The molecule has 7 heteroatoms. The van der Waals surface area contributed by atoms with E-state index in [1.165, 1.54) is 10.5 Å². The number of aryl methyl sites for hydroxylation is 1. The van der Waals surface area contributed by atoms with Crippen molar-refractivity contribution >= 4 is 11.6 Å². The summed E-state index contributed by atoms with van der Waals surface area (Å²) in [5, 5.41) is 11.7. The fraction of sp³-hybridized carbons (Fsp3) is 0.318. The van der Waals surface area contributed by atoms with E-state index in [1.807, 2.05) is 47.9 Å². The predicted molar refractivity (Wildman–Crippen MR) is 112 cm³/mol. The minimum atomic E-state index is -0.354. The quantitative estimate of drug-likeness (QED) is 0.515. The highest BCUT2D eigenvalue weighted by Gasteiger charge is 2.32. The maximum absolute atomic E-state index is 11.7. The van der Waals surface area contributed by atoms with E-state index < -0.39 is 0 Å². The number of hydrogen-bond donors (Lipinski definition) is 1. The molecule has 2 aromatic carbocycles. The minimum absolute atomic E-state index is 0.0371. The second-order valence-corrected chi connectivity index (χ2v) is 7.53. The van der Waals surface area contributed by atoms with Gasteiger partial charge in [-0.25, -0.2) is 0 Å². The lowest BCUT2D eigenvalue weighted by Gasteiger charge is -2.33. The van der Waals surface area contributed by atoms with Crippen LogP contribution >= 0.6 is 0 Å². The molecule has 0 unspecified atom stereocenters. The van der Waals surface area contributed by atoms with Gasteiger partial charge in [-0.1, -0.05) is 60.7 Å². The number of benzene rings is 2. The van der Waals surface area contributed by atoms with E-state index in [9.17, 15) is 10.1 Å². The Kier molecular flexibility index (Phi) is 5.57. The van der Waals surface area contributed by atoms with Gasteiger partial charge in [-0.2, -0.15) is 0 Å². The number of anilines is 1. The molecule has 2 heterocycles. The summed E-state index contributed by atoms with van der Waals surface area (Å²) in [5.74, 6) is 1.27. The van der Waals surface area contributed by atoms with Crippen molar-refractivity contribution in [2.45, 2.75) is 20.0 Å². The highest BCUT2D eigenvalue weighted by atomic mass is 16.6. The molecule has 1 aliphatic rings. The van der Waals surface area contributed by atoms with Gasteiger partial charge in [0.25, 0.3) is 0 Å². The Morgan fingerprint density at radius 3 is 2.17 bits per heavy atom. The van der Waals surface area contributed by atoms with Gasteiger partial charge in [0.05, 0.1) is 32.7 Å². The van der Waals surface area contributed by atoms with Crippen LogP contribution in [0.15, 0.2) is 60.7 Å². The standard InChI is InChI=1S/C22H25N5O2/c1-18-23-21(27(28)29)22(26(18)17-20-10-6-3-7-11-20)25-14-12-24(13-15-25)16-19-8-4-2-5-9-19/h2-11H,12-17H2,1H3/p+1. The summed E-state index contributed by atoms with van der Waals surface area (Å²) >= 11 is 0. The zero-order valence-corrected chi connectivity index (χ0v) is 16.6. The monoisotopic (exact) mass is 392 g/mol. The van der Waals surface area contributed by atoms with Crippen LogP contribution in [0.25, 0.3) is 0 Å². The number of rotatable bonds is 6. The highest BCUT2D eigenvalue weighted by Crippen LogP contribution is 2.30. The smallest absolute Gasteiger partial charge is 0.358 e. The Labute approximate surface area is 170 Å². The lowest BCUT2D eigenvalue weighted by molar-refractivity contribution is -0.914. The molecule has 150 valence electrons. The maximum atomic E-state index is 11.7. The molecule has 0 saturated carbocycles. The van der Waals surface area contributed by atoms with Crippen LogP contribution in [0, 0.1) is 17.0 Å². The third-order valence-electron chi connectivity index (χ3n) is 5.54. The van der Waals surface area contributed by atoms with Crippen molar-refractivity contribution in [1.82, 2.24) is 9.55 Å². The summed E-state index contributed by atoms with van der Waals surface area (Å²) in [6.45, 7) is 6.87. The van der Waals surface area contributed by atoms with E-state index in [0.29, 0.717) is 18.2 Å². The molecule has 7 nitrogen and oxygen atoms in total. The van der Waals surface area contributed by atoms with Crippen LogP contribution in [0.3, 0.4) is 0 Å². The molecule has 1 saturated heterocycles. The summed E-state index contributed by atoms with van der Waals surface area (Å²) in [6.07, 6.45) is 0. The van der Waals surface area contributed by atoms with E-state index in [1.54, 1.807) is 0 Å². The number of imidazole rings is 1. The fourth-order valence-corrected chi connectivity index (χ4v) is 4.02. The largest absolute Gasteiger partial charge is 0.406 e. The third kappa shape index (κ3) is 4.30. The molecule has 3 aromatic rings. The molecule has 1 aliphatic heterocycles. The molecule has 4 rings (SSSR count). The average molecular weight is 392 g/mol. The zero-order chi connectivity index (χ0) is 20.2. The van der Waals surface area contributed by atoms with Gasteiger partial charge in [-0.05, 0) is 15.5 Å². The number of aromatic nitrogens is 2. The normalized spacial score (nSPS) is 14.9. The Hall–Kier alpha value is -3.19. The van der Waals surface area contributed by atoms with Crippen LogP contribution in [-0.2, 0) is 13.1 Å². The van der Waals surface area contributed by atoms with Gasteiger partial charge in [0.15, 0.2) is 0 Å². The van der Waals surface area contributed by atoms with Crippen molar-refractivity contribution in [3.05, 3.63) is 87.7 Å². The van der Waals surface area contributed by atoms with Crippen molar-refractivity contribution in [3.63, 3.8) is 0 Å². The lowest BCUT2D eigenvalue weighted by atomic mass is 10.2. The first kappa shape index (κ1) is 19.1. The summed E-state index contributed by atoms with van der Waals surface area (Å²) in [6, 6.07) is 20.5. The average Bonchev–Trinajstić information content (AvgIpc) is 3.07. The predicted octanol–water partition coefficient (Wildman–Crippen LogP) is 2.05. The molecule has 29 heavy (non-hydrogen) atoms. The first-order valence-corrected chi connectivity index (χ1v) is 9.99. The van der Waals surface area contributed by atoms with Crippen LogP contribution in [0.1, 0.15) is 17.0 Å². The van der Waals surface area contributed by atoms with Gasteiger partial charge in [0.2, 0.25) is 11.6 Å². The SMILES string of the molecule is Cc1nc([N+](=O)[O-])c(N2CC[NH+](Cc3ccccc3)CC2)n1Cc1ccccc1. The van der Waals surface area contributed by atoms with Crippen molar-refractivity contribution in [2.24, 2.45) is 0 Å². The van der Waals surface area contributed by atoms with Crippen molar-refractivity contribution in [1.29, 1.82) is 0 Å². The molecule has 1 fully saturated rings. The Morgan fingerprint density at radius 2 is 1.59 bits per heavy atom. The molecular weight excluding hydrogens is 366 g/mol. The second kappa shape index (κ2) is 8.45. The van der Waals surface area contributed by atoms with Gasteiger partial charge >= 0.3 is 5.82 Å². The van der Waals surface area contributed by atoms with Gasteiger partial charge < -0.3 is 19.9 Å². The molecular formula is C22H26N5O2+. The molecule has 0 spiro atoms. The Bertz CT molecular complexity index is 964. The number of quaternary nitrogens is 1. The zero-order valence-electron chi connectivity index (χ0n) is 16.6. The first-order chi connectivity index (χ1) is 14.1. The van der Waals surface area contributed by atoms with Crippen molar-refractivity contribution < 1.29 is 9.82 Å². The maximum Gasteiger partial charge on any atom is 0.406 e. The van der Waals surface area contributed by atoms with Crippen molar-refractivity contribution in [3.8, 4) is 0 Å². The van der Waals surface area contributed by atoms with E-state index in [-0.39, 0.29) is 10.7 Å². The molecule has 0 aliphatic carbocycles. The van der Waals surface area contributed by atoms with Gasteiger partial charge in [-0.3, -0.25) is 4.57 Å². The molecule has 0 bridgehead atoms. The van der Waals surface area contributed by atoms with E-state index in [2.05, 4.69) is 34.1 Å². The molecule has 0 radical (unpaired) electrons. The summed E-state index contributed by atoms with van der Waals surface area (Å²) in [7, 11) is 0. The number of piperazine rings is 1. The van der Waals surface area contributed by atoms with E-state index in [0.717, 1.165) is 38.3 Å². The molecule has 0 atom stereocenters. The van der Waals surface area contributed by atoms with Gasteiger partial charge in [-0.15, -0.1) is 0 Å². The molecule has 0 amide bonds. The third-order valence-corrected chi connectivity index (χ3v) is 5.54. The minimum Gasteiger partial charge on any atom is -0.358 e. The summed E-state index contributed by atoms with van der Waals surface area (Å²) in [5.41, 5.74) is 2.43. The topological polar surface area (TPSA) is 68.6 Å². The van der Waals surface area contributed by atoms with Gasteiger partial charge in [0.1, 0.15) is 6.54 Å². The van der Waals surface area contributed by atoms with Crippen LogP contribution in [0.5, 0.6) is 0 Å². The van der Waals surface area contributed by atoms with Crippen LogP contribution < -0.4 is 9.80 Å². The Morgan fingerprint density at radius 1 is 1.00 bits per heavy atom. The molecule has 1 aromatic heterocycles. The van der Waals surface area contributed by atoms with E-state index in [4.69, 9.17) is 0 Å². The summed E-state index contributed by atoms with van der Waals surface area (Å²) in [4.78, 5) is 19.3.